The molecule has 3 N–H and O–H groups in total. The van der Waals surface area contributed by atoms with Crippen LogP contribution in [0.2, 0.25) is 0 Å². The Morgan fingerprint density at radius 1 is 1.22 bits per heavy atom. The first-order chi connectivity index (χ1) is 10.5. The van der Waals surface area contributed by atoms with E-state index >= 15 is 0 Å². The third-order valence-corrected chi connectivity index (χ3v) is 6.35. The van der Waals surface area contributed by atoms with Crippen LogP contribution in [0.25, 0.3) is 0 Å². The quantitative estimate of drug-likeness (QED) is 0.480. The first-order valence-electron chi connectivity index (χ1n) is 7.64. The van der Waals surface area contributed by atoms with Crippen LogP contribution in [-0.4, -0.2) is 52.1 Å². The second kappa shape index (κ2) is 3.70. The van der Waals surface area contributed by atoms with Gasteiger partial charge in [-0.15, -0.1) is 0 Å². The van der Waals surface area contributed by atoms with Gasteiger partial charge in [0.1, 0.15) is 23.0 Å². The third-order valence-electron chi connectivity index (χ3n) is 6.35. The summed E-state index contributed by atoms with van der Waals surface area (Å²) in [5.41, 5.74) is -5.63. The molecule has 1 amide bonds. The highest BCUT2D eigenvalue weighted by molar-refractivity contribution is 5.96. The summed E-state index contributed by atoms with van der Waals surface area (Å²) in [4.78, 5) is 36.7. The maximum absolute atomic E-state index is 12.7. The lowest BCUT2D eigenvalue weighted by Crippen LogP contribution is -2.65. The van der Waals surface area contributed by atoms with Crippen LogP contribution in [0.4, 0.5) is 0 Å². The molecule has 6 atom stereocenters. The Kier molecular flexibility index (Phi) is 2.39. The van der Waals surface area contributed by atoms with Crippen molar-refractivity contribution in [3.05, 3.63) is 0 Å². The zero-order valence-corrected chi connectivity index (χ0v) is 13.1. The van der Waals surface area contributed by atoms with E-state index in [1.807, 2.05) is 0 Å². The van der Waals surface area contributed by atoms with E-state index in [9.17, 15) is 24.6 Å². The second-order valence-corrected chi connectivity index (χ2v) is 8.01. The predicted octanol–water partition coefficient (Wildman–Crippen LogP) is -1.17. The van der Waals surface area contributed by atoms with E-state index in [1.54, 1.807) is 20.8 Å². The van der Waals surface area contributed by atoms with E-state index in [0.717, 1.165) is 0 Å². The summed E-state index contributed by atoms with van der Waals surface area (Å²) in [6.45, 7) is 5.27. The first kappa shape index (κ1) is 14.9. The molecule has 1 unspecified atom stereocenters. The summed E-state index contributed by atoms with van der Waals surface area (Å²) in [5.74, 6) is -2.02. The summed E-state index contributed by atoms with van der Waals surface area (Å²) in [6, 6.07) is 0. The van der Waals surface area contributed by atoms with Gasteiger partial charge < -0.3 is 25.0 Å². The number of carbonyl (C=O) groups is 3. The largest absolute Gasteiger partial charge is 0.461 e. The standard InChI is InChI=1S/C15H19NO7/c1-12(2,3)14(21)4-6-13(5-7(17)22-6)11(20)23-10-15(13,14)8(18)9(19)16-10/h6,8,10,18,21H,4-5H2,1-3H3,(H,16,19)/t6-,8-,10-,13-,14+,15?/m0/s1. The van der Waals surface area contributed by atoms with Gasteiger partial charge in [0.05, 0.1) is 12.0 Å². The average Bonchev–Trinajstić information content (AvgIpc) is 3.00. The number of nitrogens with one attached hydrogen (secondary N) is 1. The van der Waals surface area contributed by atoms with Gasteiger partial charge in [-0.2, -0.15) is 0 Å². The van der Waals surface area contributed by atoms with Gasteiger partial charge in [-0.25, -0.2) is 0 Å². The minimum atomic E-state index is -1.66. The van der Waals surface area contributed by atoms with Gasteiger partial charge in [-0.3, -0.25) is 14.4 Å². The summed E-state index contributed by atoms with van der Waals surface area (Å²) < 4.78 is 10.6. The molecule has 0 aromatic carbocycles. The van der Waals surface area contributed by atoms with E-state index in [-0.39, 0.29) is 12.8 Å². The van der Waals surface area contributed by atoms with Gasteiger partial charge in [0, 0.05) is 6.42 Å². The Labute approximate surface area is 132 Å². The van der Waals surface area contributed by atoms with Gasteiger partial charge in [0.2, 0.25) is 0 Å². The number of aliphatic hydroxyl groups excluding tert-OH is 1. The van der Waals surface area contributed by atoms with E-state index in [4.69, 9.17) is 9.47 Å². The molecule has 0 radical (unpaired) electrons. The zero-order valence-electron chi connectivity index (χ0n) is 13.1. The Morgan fingerprint density at radius 3 is 2.48 bits per heavy atom. The molecule has 3 aliphatic heterocycles. The van der Waals surface area contributed by atoms with Gasteiger partial charge in [0.25, 0.3) is 5.91 Å². The fourth-order valence-corrected chi connectivity index (χ4v) is 5.30. The minimum absolute atomic E-state index is 0.0279. The van der Waals surface area contributed by atoms with Crippen molar-refractivity contribution in [3.8, 4) is 0 Å². The Morgan fingerprint density at radius 2 is 1.87 bits per heavy atom. The summed E-state index contributed by atoms with van der Waals surface area (Å²) in [7, 11) is 0. The number of ether oxygens (including phenoxy) is 2. The van der Waals surface area contributed by atoms with Crippen LogP contribution in [0.5, 0.6) is 0 Å². The molecule has 3 saturated heterocycles. The summed E-state index contributed by atoms with van der Waals surface area (Å²) in [6.07, 6.45) is -4.10. The van der Waals surface area contributed by atoms with Gasteiger partial charge >= 0.3 is 11.9 Å². The number of rotatable bonds is 0. The van der Waals surface area contributed by atoms with Gasteiger partial charge in [-0.05, 0) is 5.41 Å². The number of aliphatic hydroxyl groups is 2. The molecular formula is C15H19NO7. The molecule has 8 heteroatoms. The lowest BCUT2D eigenvalue weighted by molar-refractivity contribution is -0.205. The van der Waals surface area contributed by atoms with Crippen molar-refractivity contribution in [3.63, 3.8) is 0 Å². The average molecular weight is 325 g/mol. The maximum atomic E-state index is 12.7. The predicted molar refractivity (Wildman–Crippen MR) is 72.4 cm³/mol. The monoisotopic (exact) mass is 325 g/mol. The number of hydrogen-bond acceptors (Lipinski definition) is 7. The van der Waals surface area contributed by atoms with Crippen LogP contribution in [0.1, 0.15) is 33.6 Å². The molecule has 4 fully saturated rings. The number of esters is 2. The lowest BCUT2D eigenvalue weighted by Gasteiger charge is -2.50. The van der Waals surface area contributed by atoms with E-state index in [0.29, 0.717) is 0 Å². The number of hydrogen-bond donors (Lipinski definition) is 3. The van der Waals surface area contributed by atoms with E-state index < -0.39 is 58.1 Å². The zero-order chi connectivity index (χ0) is 17.0. The Balaban J connectivity index is 2.05. The fraction of sp³-hybridized carbons (Fsp3) is 0.800. The molecule has 4 rings (SSSR count). The third kappa shape index (κ3) is 1.20. The van der Waals surface area contributed by atoms with Crippen molar-refractivity contribution < 1.29 is 34.1 Å². The normalized spacial score (nSPS) is 51.0. The first-order valence-corrected chi connectivity index (χ1v) is 7.64. The molecule has 0 aromatic heterocycles. The van der Waals surface area contributed by atoms with E-state index in [1.165, 1.54) is 0 Å². The molecule has 126 valence electrons. The highest BCUT2D eigenvalue weighted by Crippen LogP contribution is 2.74. The minimum Gasteiger partial charge on any atom is -0.461 e. The molecular weight excluding hydrogens is 306 g/mol. The molecule has 2 spiro atoms. The van der Waals surface area contributed by atoms with Crippen LogP contribution < -0.4 is 5.32 Å². The topological polar surface area (TPSA) is 122 Å². The fourth-order valence-electron chi connectivity index (χ4n) is 5.30. The van der Waals surface area contributed by atoms with Crippen molar-refractivity contribution >= 4 is 17.8 Å². The Bertz CT molecular complexity index is 655. The highest BCUT2D eigenvalue weighted by atomic mass is 16.6. The van der Waals surface area contributed by atoms with Gasteiger partial charge in [-0.1, -0.05) is 20.8 Å². The van der Waals surface area contributed by atoms with Gasteiger partial charge in [0.15, 0.2) is 6.23 Å². The lowest BCUT2D eigenvalue weighted by atomic mass is 9.52. The smallest absolute Gasteiger partial charge is 0.319 e. The van der Waals surface area contributed by atoms with Crippen LogP contribution in [0, 0.1) is 16.2 Å². The number of carbonyl (C=O) groups excluding carboxylic acids is 3. The summed E-state index contributed by atoms with van der Waals surface area (Å²) in [5, 5.41) is 24.7. The van der Waals surface area contributed by atoms with Crippen molar-refractivity contribution in [2.24, 2.45) is 16.2 Å². The highest BCUT2D eigenvalue weighted by Gasteiger charge is 2.91. The number of amides is 1. The molecule has 0 bridgehead atoms. The molecule has 8 nitrogen and oxygen atoms in total. The second-order valence-electron chi connectivity index (χ2n) is 8.01. The molecule has 4 aliphatic rings. The van der Waals surface area contributed by atoms with Crippen molar-refractivity contribution in [2.75, 3.05) is 0 Å². The Hall–Kier alpha value is -1.67. The molecule has 0 aromatic rings. The van der Waals surface area contributed by atoms with Crippen LogP contribution in [0.3, 0.4) is 0 Å². The molecule has 23 heavy (non-hydrogen) atoms. The van der Waals surface area contributed by atoms with Crippen molar-refractivity contribution in [1.82, 2.24) is 5.32 Å². The van der Waals surface area contributed by atoms with E-state index in [2.05, 4.69) is 5.32 Å². The molecule has 1 saturated carbocycles. The maximum Gasteiger partial charge on any atom is 0.319 e. The van der Waals surface area contributed by atoms with Crippen molar-refractivity contribution in [1.29, 1.82) is 0 Å². The van der Waals surface area contributed by atoms with Crippen LogP contribution in [0.15, 0.2) is 0 Å². The summed E-state index contributed by atoms with van der Waals surface area (Å²) >= 11 is 0. The SMILES string of the molecule is CC(C)(C)[C@]1(O)C[C@@H]2OC(=O)C[C@@]23C(=O)O[C@@H]2NC(=O)[C@H](O)C213. The van der Waals surface area contributed by atoms with Crippen LogP contribution in [-0.2, 0) is 23.9 Å². The van der Waals surface area contributed by atoms with Crippen LogP contribution >= 0.6 is 0 Å². The molecule has 3 heterocycles. The molecule has 1 aliphatic carbocycles. The van der Waals surface area contributed by atoms with Crippen molar-refractivity contribution in [2.45, 2.75) is 57.6 Å².